The Morgan fingerprint density at radius 1 is 0.614 bits per heavy atom. The van der Waals surface area contributed by atoms with E-state index in [-0.39, 0.29) is 35.6 Å². The summed E-state index contributed by atoms with van der Waals surface area (Å²) in [5, 5.41) is 2.57. The molecule has 0 unspecified atom stereocenters. The summed E-state index contributed by atoms with van der Waals surface area (Å²) in [4.78, 5) is 0. The first-order chi connectivity index (χ1) is 20.3. The second-order valence-corrected chi connectivity index (χ2v) is 13.1. The van der Waals surface area contributed by atoms with Crippen LogP contribution in [0.5, 0.6) is 0 Å². The summed E-state index contributed by atoms with van der Waals surface area (Å²) in [6.07, 6.45) is 1.04. The van der Waals surface area contributed by atoms with Crippen molar-refractivity contribution in [2.45, 2.75) is 44.9 Å². The summed E-state index contributed by atoms with van der Waals surface area (Å²) in [6, 6.07) is 54.4. The number of benzene rings is 5. The predicted molar refractivity (Wildman–Crippen MR) is 177 cm³/mol. The Morgan fingerprint density at radius 3 is 1.70 bits per heavy atom. The van der Waals surface area contributed by atoms with E-state index >= 15 is 0 Å². The van der Waals surface area contributed by atoms with Gasteiger partial charge in [0.25, 0.3) is 0 Å². The van der Waals surface area contributed by atoms with E-state index in [9.17, 15) is 0 Å². The van der Waals surface area contributed by atoms with Crippen LogP contribution in [0.2, 0.25) is 0 Å². The Balaban J connectivity index is 0.000000201. The zero-order chi connectivity index (χ0) is 29.6. The van der Waals surface area contributed by atoms with Crippen LogP contribution in [0.4, 0.5) is 0 Å². The molecule has 3 heteroatoms. The van der Waals surface area contributed by atoms with Crippen LogP contribution in [0.1, 0.15) is 49.9 Å². The summed E-state index contributed by atoms with van der Waals surface area (Å²) in [7, 11) is 0. The number of hydrogen-bond acceptors (Lipinski definition) is 0. The molecular formula is C41H38Cl2Zr-2. The molecule has 44 heavy (non-hydrogen) atoms. The predicted octanol–water partition coefficient (Wildman–Crippen LogP) is 4.29. The second kappa shape index (κ2) is 15.9. The number of hydrogen-bond donors (Lipinski definition) is 0. The fraction of sp³-hybridized carbons (Fsp3) is 0.171. The molecule has 0 radical (unpaired) electrons. The zero-order valence-corrected chi connectivity index (χ0v) is 29.8. The average Bonchev–Trinajstić information content (AvgIpc) is 3.74. The molecule has 6 aromatic carbocycles. The molecule has 0 aromatic heterocycles. The van der Waals surface area contributed by atoms with E-state index < -0.39 is 0 Å². The molecule has 1 aliphatic carbocycles. The molecule has 0 bridgehead atoms. The van der Waals surface area contributed by atoms with Gasteiger partial charge in [-0.15, -0.1) is 40.6 Å². The summed E-state index contributed by atoms with van der Waals surface area (Å²) in [5.74, 6) is 0. The van der Waals surface area contributed by atoms with Crippen LogP contribution in [0.25, 0.3) is 21.9 Å². The van der Waals surface area contributed by atoms with Gasteiger partial charge >= 0.3 is 138 Å². The van der Waals surface area contributed by atoms with Crippen LogP contribution < -0.4 is 24.8 Å². The van der Waals surface area contributed by atoms with Crippen LogP contribution >= 0.6 is 0 Å². The van der Waals surface area contributed by atoms with Crippen LogP contribution in [0.15, 0.2) is 146 Å². The van der Waals surface area contributed by atoms with Crippen molar-refractivity contribution in [2.24, 2.45) is 0 Å². The molecule has 7 rings (SSSR count). The third kappa shape index (κ3) is 7.81. The Labute approximate surface area is 291 Å². The van der Waals surface area contributed by atoms with Crippen molar-refractivity contribution in [2.75, 3.05) is 0 Å². The number of halogens is 2. The number of fused-ring (bicyclic) bond motifs is 5. The first kappa shape index (κ1) is 35.5. The molecule has 0 heterocycles. The third-order valence-electron chi connectivity index (χ3n) is 8.42. The first-order valence-corrected chi connectivity index (χ1v) is 15.9. The van der Waals surface area contributed by atoms with E-state index in [1.165, 1.54) is 68.4 Å². The average molecular weight is 693 g/mol. The van der Waals surface area contributed by atoms with Crippen molar-refractivity contribution in [3.05, 3.63) is 174 Å². The van der Waals surface area contributed by atoms with Crippen molar-refractivity contribution in [3.8, 4) is 11.1 Å². The molecule has 0 amide bonds. The van der Waals surface area contributed by atoms with Gasteiger partial charge in [-0.3, -0.25) is 0 Å². The molecule has 0 atom stereocenters. The Hall–Kier alpha value is -2.96. The van der Waals surface area contributed by atoms with Gasteiger partial charge in [-0.1, -0.05) is 42.0 Å². The van der Waals surface area contributed by atoms with E-state index in [1.54, 1.807) is 3.21 Å². The van der Waals surface area contributed by atoms with Crippen molar-refractivity contribution in [3.63, 3.8) is 0 Å². The van der Waals surface area contributed by atoms with E-state index in [2.05, 4.69) is 143 Å². The van der Waals surface area contributed by atoms with Gasteiger partial charge in [-0.25, -0.2) is 12.1 Å². The normalized spacial score (nSPS) is 11.3. The maximum atomic E-state index is 3.39. The quantitative estimate of drug-likeness (QED) is 0.242. The van der Waals surface area contributed by atoms with Crippen molar-refractivity contribution in [1.82, 2.24) is 0 Å². The third-order valence-corrected chi connectivity index (χ3v) is 11.5. The van der Waals surface area contributed by atoms with Gasteiger partial charge < -0.3 is 24.8 Å². The fourth-order valence-electron chi connectivity index (χ4n) is 5.92. The van der Waals surface area contributed by atoms with E-state index in [0.29, 0.717) is 0 Å². The van der Waals surface area contributed by atoms with Gasteiger partial charge in [0.1, 0.15) is 0 Å². The number of rotatable bonds is 4. The molecule has 0 nitrogen and oxygen atoms in total. The monoisotopic (exact) mass is 690 g/mol. The maximum Gasteiger partial charge on any atom is -0.0246 e. The van der Waals surface area contributed by atoms with Crippen molar-refractivity contribution < 1.29 is 49.0 Å². The molecule has 0 saturated heterocycles. The summed E-state index contributed by atoms with van der Waals surface area (Å²) in [6.45, 7) is 9.38. The molecule has 1 aliphatic rings. The van der Waals surface area contributed by atoms with Crippen molar-refractivity contribution >= 4 is 14.0 Å². The molecule has 0 aliphatic heterocycles. The Kier molecular flexibility index (Phi) is 12.8. The van der Waals surface area contributed by atoms with Gasteiger partial charge in [0.05, 0.1) is 0 Å². The van der Waals surface area contributed by atoms with Gasteiger partial charge in [-0.05, 0) is 17.5 Å². The molecule has 0 N–H and O–H groups in total. The summed E-state index contributed by atoms with van der Waals surface area (Å²) in [5.41, 5.74) is 8.64. The fourth-order valence-corrected chi connectivity index (χ4v) is 6.63. The zero-order valence-electron chi connectivity index (χ0n) is 25.8. The minimum Gasteiger partial charge on any atom is -1.00 e. The van der Waals surface area contributed by atoms with Crippen LogP contribution in [-0.2, 0) is 41.5 Å². The largest absolute Gasteiger partial charge is 1.00 e. The summed E-state index contributed by atoms with van der Waals surface area (Å²) < 4.78 is 1.58. The minimum absolute atomic E-state index is 0. The van der Waals surface area contributed by atoms with Crippen LogP contribution in [0, 0.1) is 6.07 Å². The molecule has 6 aromatic rings. The molecule has 0 saturated carbocycles. The van der Waals surface area contributed by atoms with Gasteiger partial charge in [0.15, 0.2) is 0 Å². The van der Waals surface area contributed by atoms with Crippen LogP contribution in [0.3, 0.4) is 0 Å². The van der Waals surface area contributed by atoms with Crippen LogP contribution in [-0.4, -0.2) is 3.21 Å². The van der Waals surface area contributed by atoms with E-state index in [4.69, 9.17) is 0 Å². The SMILES string of the molecule is CC(C)([C](=[Zr+2])C(C)(C)c1ccccc1)c1ccccc1.[Cl-].[Cl-].[c-]1cccc2ccc3c(c12)Cc1ccccc1-3.c1cc[cH-]c1. The topological polar surface area (TPSA) is 0 Å². The Morgan fingerprint density at radius 2 is 1.16 bits per heavy atom. The first-order valence-electron chi connectivity index (χ1n) is 14.7. The molecule has 0 fully saturated rings. The standard InChI is InChI=1S/C19H22.C17H11.C5H5.2ClH.Zr/c1-18(2,16-11-7-5-8-12-16)15-19(3,4)17-13-9-6-10-14-17;1-3-7-14-12(5-1)9-10-16-15-8-4-2-6-13(15)11-17(14)16;1-2-4-5-3-1;;;/h5-14H,1-4H3;1-6,8-10H,11H2;1-5H;2*1H;/q;2*-1;;;+2/p-2. The molecule has 222 valence electrons. The van der Waals surface area contributed by atoms with Gasteiger partial charge in [0.2, 0.25) is 0 Å². The van der Waals surface area contributed by atoms with Crippen molar-refractivity contribution in [1.29, 1.82) is 0 Å². The minimum atomic E-state index is 0. The maximum absolute atomic E-state index is 3.39. The molecular weight excluding hydrogens is 655 g/mol. The van der Waals surface area contributed by atoms with E-state index in [1.807, 2.05) is 36.4 Å². The van der Waals surface area contributed by atoms with Gasteiger partial charge in [0, 0.05) is 0 Å². The second-order valence-electron chi connectivity index (χ2n) is 11.9. The van der Waals surface area contributed by atoms with Gasteiger partial charge in [-0.2, -0.15) is 18.2 Å². The smallest absolute Gasteiger partial charge is 0.0246 e. The summed E-state index contributed by atoms with van der Waals surface area (Å²) >= 11 is 1.51. The Bertz CT molecular complexity index is 1680. The van der Waals surface area contributed by atoms with E-state index in [0.717, 1.165) is 6.42 Å². The molecule has 0 spiro atoms.